The average Bonchev–Trinajstić information content (AvgIpc) is 3.05. The molecule has 3 nitrogen and oxygen atoms in total. The van der Waals surface area contributed by atoms with Gasteiger partial charge in [0.2, 0.25) is 0 Å². The molecule has 1 aromatic heterocycles. The number of thiophene rings is 1. The van der Waals surface area contributed by atoms with E-state index in [0.29, 0.717) is 12.0 Å². The predicted molar refractivity (Wildman–Crippen MR) is 112 cm³/mol. The van der Waals surface area contributed by atoms with Crippen LogP contribution in [0.5, 0.6) is 0 Å². The van der Waals surface area contributed by atoms with Gasteiger partial charge >= 0.3 is 0 Å². The van der Waals surface area contributed by atoms with Crippen LogP contribution in [-0.2, 0) is 0 Å². The van der Waals surface area contributed by atoms with Gasteiger partial charge in [-0.05, 0) is 53.8 Å². The number of aliphatic imine (C=N–C) groups is 1. The summed E-state index contributed by atoms with van der Waals surface area (Å²) in [7, 11) is 1.86. The van der Waals surface area contributed by atoms with E-state index in [1.807, 2.05) is 18.8 Å². The number of nitrogens with zero attached hydrogens (tertiary/aromatic N) is 1. The van der Waals surface area contributed by atoms with Gasteiger partial charge in [-0.3, -0.25) is 4.99 Å². The maximum atomic E-state index is 4.38. The molecular formula is C16H28IN3S2. The van der Waals surface area contributed by atoms with E-state index in [1.54, 1.807) is 11.3 Å². The van der Waals surface area contributed by atoms with Crippen molar-refractivity contribution in [3.63, 3.8) is 0 Å². The number of thioether (sulfide) groups is 1. The number of guanidine groups is 1. The summed E-state index contributed by atoms with van der Waals surface area (Å²) in [5.74, 6) is 1.46. The average molecular weight is 453 g/mol. The van der Waals surface area contributed by atoms with Crippen LogP contribution in [0.25, 0.3) is 0 Å². The van der Waals surface area contributed by atoms with Crippen molar-refractivity contribution < 1.29 is 0 Å². The van der Waals surface area contributed by atoms with Gasteiger partial charge in [-0.25, -0.2) is 0 Å². The van der Waals surface area contributed by atoms with E-state index in [0.717, 1.165) is 17.8 Å². The lowest BCUT2D eigenvalue weighted by Gasteiger charge is -2.30. The van der Waals surface area contributed by atoms with Gasteiger partial charge in [-0.2, -0.15) is 23.1 Å². The van der Waals surface area contributed by atoms with Gasteiger partial charge in [0.1, 0.15) is 0 Å². The van der Waals surface area contributed by atoms with Gasteiger partial charge < -0.3 is 10.6 Å². The van der Waals surface area contributed by atoms with Crippen molar-refractivity contribution in [2.75, 3.05) is 19.8 Å². The van der Waals surface area contributed by atoms with E-state index in [2.05, 4.69) is 45.6 Å². The van der Waals surface area contributed by atoms with Crippen LogP contribution in [0.15, 0.2) is 21.8 Å². The Kier molecular flexibility index (Phi) is 9.82. The van der Waals surface area contributed by atoms with Crippen molar-refractivity contribution in [1.82, 2.24) is 10.6 Å². The Morgan fingerprint density at radius 3 is 2.95 bits per heavy atom. The van der Waals surface area contributed by atoms with Gasteiger partial charge in [-0.15, -0.1) is 24.0 Å². The third kappa shape index (κ3) is 6.28. The van der Waals surface area contributed by atoms with E-state index in [9.17, 15) is 0 Å². The van der Waals surface area contributed by atoms with Crippen LogP contribution >= 0.6 is 47.1 Å². The van der Waals surface area contributed by atoms with Gasteiger partial charge in [0, 0.05) is 24.9 Å². The molecule has 0 spiro atoms. The van der Waals surface area contributed by atoms with Crippen molar-refractivity contribution in [2.45, 2.75) is 49.8 Å². The first-order valence-corrected chi connectivity index (χ1v) is 9.98. The fraction of sp³-hybridized carbons (Fsp3) is 0.688. The largest absolute Gasteiger partial charge is 0.356 e. The molecule has 0 radical (unpaired) electrons. The lowest BCUT2D eigenvalue weighted by atomic mass is 9.95. The number of rotatable bonds is 5. The highest BCUT2D eigenvalue weighted by Gasteiger charge is 2.22. The number of nitrogens with one attached hydrogen (secondary N) is 2. The predicted octanol–water partition coefficient (Wildman–Crippen LogP) is 4.31. The van der Waals surface area contributed by atoms with Crippen molar-refractivity contribution in [3.8, 4) is 0 Å². The Bertz CT molecular complexity index is 437. The number of hydrogen-bond donors (Lipinski definition) is 2. The van der Waals surface area contributed by atoms with Gasteiger partial charge in [0.05, 0.1) is 0 Å². The molecule has 3 unspecified atom stereocenters. The summed E-state index contributed by atoms with van der Waals surface area (Å²) >= 11 is 3.76. The molecule has 0 saturated heterocycles. The smallest absolute Gasteiger partial charge is 0.191 e. The van der Waals surface area contributed by atoms with E-state index < -0.39 is 0 Å². The first-order valence-electron chi connectivity index (χ1n) is 7.75. The zero-order valence-electron chi connectivity index (χ0n) is 13.7. The Hall–Kier alpha value is 0.0500. The number of hydrogen-bond acceptors (Lipinski definition) is 3. The van der Waals surface area contributed by atoms with Gasteiger partial charge in [0.15, 0.2) is 5.96 Å². The van der Waals surface area contributed by atoms with Crippen LogP contribution in [0, 0.1) is 0 Å². The minimum Gasteiger partial charge on any atom is -0.356 e. The summed E-state index contributed by atoms with van der Waals surface area (Å²) in [4.78, 5) is 4.38. The van der Waals surface area contributed by atoms with Crippen molar-refractivity contribution in [2.24, 2.45) is 4.99 Å². The highest BCUT2D eigenvalue weighted by Crippen LogP contribution is 2.26. The normalized spacial score (nSPS) is 23.5. The highest BCUT2D eigenvalue weighted by molar-refractivity contribution is 14.0. The molecule has 0 aliphatic heterocycles. The molecule has 0 amide bonds. The molecule has 0 bridgehead atoms. The summed E-state index contributed by atoms with van der Waals surface area (Å²) in [6, 6.07) is 2.77. The molecule has 1 saturated carbocycles. The Morgan fingerprint density at radius 1 is 1.50 bits per heavy atom. The lowest BCUT2D eigenvalue weighted by Crippen LogP contribution is -2.46. The second-order valence-electron chi connectivity index (χ2n) is 5.78. The van der Waals surface area contributed by atoms with E-state index in [4.69, 9.17) is 0 Å². The fourth-order valence-electron chi connectivity index (χ4n) is 2.80. The Labute approximate surface area is 160 Å². The zero-order valence-corrected chi connectivity index (χ0v) is 17.6. The molecule has 2 N–H and O–H groups in total. The molecule has 3 atom stereocenters. The molecule has 22 heavy (non-hydrogen) atoms. The molecule has 1 aromatic rings. The van der Waals surface area contributed by atoms with Crippen LogP contribution in [-0.4, -0.2) is 37.1 Å². The third-order valence-corrected chi connectivity index (χ3v) is 6.01. The Morgan fingerprint density at radius 2 is 2.32 bits per heavy atom. The quantitative estimate of drug-likeness (QED) is 0.396. The first-order chi connectivity index (χ1) is 10.2. The van der Waals surface area contributed by atoms with Crippen molar-refractivity contribution >= 4 is 53.0 Å². The summed E-state index contributed by atoms with van der Waals surface area (Å²) < 4.78 is 0. The highest BCUT2D eigenvalue weighted by atomic mass is 127. The summed E-state index contributed by atoms with van der Waals surface area (Å²) in [5, 5.41) is 12.2. The third-order valence-electron chi connectivity index (χ3n) is 4.21. The molecule has 2 rings (SSSR count). The summed E-state index contributed by atoms with van der Waals surface area (Å²) in [6.07, 6.45) is 7.43. The topological polar surface area (TPSA) is 36.4 Å². The van der Waals surface area contributed by atoms with Gasteiger partial charge in [0.25, 0.3) is 0 Å². The maximum Gasteiger partial charge on any atom is 0.191 e. The molecule has 1 aliphatic carbocycles. The summed E-state index contributed by atoms with van der Waals surface area (Å²) in [6.45, 7) is 3.18. The minimum atomic E-state index is 0. The van der Waals surface area contributed by atoms with E-state index >= 15 is 0 Å². The molecular weight excluding hydrogens is 425 g/mol. The minimum absolute atomic E-state index is 0. The monoisotopic (exact) mass is 453 g/mol. The first kappa shape index (κ1) is 20.1. The van der Waals surface area contributed by atoms with Crippen LogP contribution in [0.3, 0.4) is 0 Å². The lowest BCUT2D eigenvalue weighted by molar-refractivity contribution is 0.418. The van der Waals surface area contributed by atoms with Crippen LogP contribution in [0.2, 0.25) is 0 Å². The van der Waals surface area contributed by atoms with Crippen LogP contribution in [0.4, 0.5) is 0 Å². The Balaban J connectivity index is 0.00000242. The maximum absolute atomic E-state index is 4.38. The molecule has 1 aliphatic rings. The molecule has 0 aromatic carbocycles. The van der Waals surface area contributed by atoms with E-state index in [-0.39, 0.29) is 24.0 Å². The van der Waals surface area contributed by atoms with Crippen molar-refractivity contribution in [1.29, 1.82) is 0 Å². The zero-order chi connectivity index (χ0) is 15.1. The number of halogens is 1. The van der Waals surface area contributed by atoms with Crippen LogP contribution < -0.4 is 10.6 Å². The fourth-order valence-corrected chi connectivity index (χ4v) is 4.41. The second kappa shape index (κ2) is 10.8. The van der Waals surface area contributed by atoms with Crippen LogP contribution in [0.1, 0.15) is 44.1 Å². The summed E-state index contributed by atoms with van der Waals surface area (Å²) in [5.41, 5.74) is 1.41. The van der Waals surface area contributed by atoms with Crippen molar-refractivity contribution in [3.05, 3.63) is 22.4 Å². The molecule has 1 heterocycles. The van der Waals surface area contributed by atoms with Gasteiger partial charge in [-0.1, -0.05) is 13.3 Å². The molecule has 6 heteroatoms. The van der Waals surface area contributed by atoms with E-state index in [1.165, 1.54) is 31.2 Å². The molecule has 1 fully saturated rings. The SMILES string of the molecule is CN=C(NCC(C)c1ccsc1)NC1CCCC(SC)C1.I. The second-order valence-corrected chi connectivity index (χ2v) is 7.69. The molecule has 126 valence electrons. The standard InChI is InChI=1S/C16H27N3S2.HI/c1-12(13-7-8-21-11-13)10-18-16(17-2)19-14-5-4-6-15(9-14)20-3;/h7-8,11-12,14-15H,4-6,9-10H2,1-3H3,(H2,17,18,19);1H.